The number of carboxylic acids is 1. The minimum absolute atomic E-state index is 0.0552. The molecule has 140 valence electrons. The van der Waals surface area contributed by atoms with Gasteiger partial charge in [0.05, 0.1) is 25.3 Å². The highest BCUT2D eigenvalue weighted by atomic mass is 32.2. The van der Waals surface area contributed by atoms with Gasteiger partial charge in [0.15, 0.2) is 5.17 Å². The van der Waals surface area contributed by atoms with Gasteiger partial charge in [-0.3, -0.25) is 9.59 Å². The van der Waals surface area contributed by atoms with Gasteiger partial charge in [-0.15, -0.1) is 5.10 Å². The number of amidine groups is 1. The molecule has 1 amide bonds. The third-order valence-corrected chi connectivity index (χ3v) is 4.76. The minimum Gasteiger partial charge on any atom is -0.481 e. The summed E-state index contributed by atoms with van der Waals surface area (Å²) >= 11 is 1.02. The fraction of sp³-hybridized carbons (Fsp3) is 0.412. The lowest BCUT2D eigenvalue weighted by Gasteiger charge is -2.12. The molecule has 1 aliphatic rings. The predicted molar refractivity (Wildman–Crippen MR) is 97.7 cm³/mol. The van der Waals surface area contributed by atoms with E-state index in [1.54, 1.807) is 6.07 Å². The molecule has 0 aromatic heterocycles. The van der Waals surface area contributed by atoms with Crippen molar-refractivity contribution in [2.45, 2.75) is 44.6 Å². The average Bonchev–Trinajstić information content (AvgIpc) is 2.93. The van der Waals surface area contributed by atoms with Gasteiger partial charge < -0.3 is 15.2 Å². The molecule has 9 heteroatoms. The quantitative estimate of drug-likeness (QED) is 0.532. The molecule has 0 spiro atoms. The van der Waals surface area contributed by atoms with Crippen LogP contribution in [0.2, 0.25) is 0 Å². The minimum atomic E-state index is -1.06. The Kier molecular flexibility index (Phi) is 7.28. The third-order valence-electron chi connectivity index (χ3n) is 3.69. The van der Waals surface area contributed by atoms with Gasteiger partial charge in [-0.25, -0.2) is 4.39 Å². The number of nitrogens with one attached hydrogen (secondary N) is 1. The summed E-state index contributed by atoms with van der Waals surface area (Å²) in [4.78, 5) is 22.3. The third kappa shape index (κ3) is 5.92. The van der Waals surface area contributed by atoms with Crippen LogP contribution in [0.15, 0.2) is 28.4 Å². The summed E-state index contributed by atoms with van der Waals surface area (Å²) in [6.45, 7) is 4.18. The van der Waals surface area contributed by atoms with E-state index < -0.39 is 17.1 Å². The number of aliphatic carboxylic acids is 1. The van der Waals surface area contributed by atoms with Crippen LogP contribution in [0.4, 0.5) is 4.39 Å². The van der Waals surface area contributed by atoms with E-state index in [0.29, 0.717) is 11.1 Å². The van der Waals surface area contributed by atoms with Gasteiger partial charge in [-0.05, 0) is 31.0 Å². The van der Waals surface area contributed by atoms with Crippen molar-refractivity contribution >= 4 is 35.0 Å². The van der Waals surface area contributed by atoms with Gasteiger partial charge in [0, 0.05) is 5.56 Å². The van der Waals surface area contributed by atoms with Crippen LogP contribution < -0.4 is 5.32 Å². The van der Waals surface area contributed by atoms with Crippen LogP contribution in [0.3, 0.4) is 0 Å². The van der Waals surface area contributed by atoms with Crippen molar-refractivity contribution in [2.75, 3.05) is 0 Å². The van der Waals surface area contributed by atoms with E-state index in [0.717, 1.165) is 18.2 Å². The first-order valence-electron chi connectivity index (χ1n) is 8.09. The lowest BCUT2D eigenvalue weighted by Crippen LogP contribution is -2.26. The Morgan fingerprint density at radius 2 is 2.31 bits per heavy atom. The number of thioether (sulfide) groups is 1. The molecule has 1 aliphatic heterocycles. The van der Waals surface area contributed by atoms with Crippen molar-refractivity contribution in [3.05, 3.63) is 35.1 Å². The Morgan fingerprint density at radius 3 is 3.00 bits per heavy atom. The zero-order valence-corrected chi connectivity index (χ0v) is 15.3. The number of halogens is 1. The van der Waals surface area contributed by atoms with Gasteiger partial charge in [0.25, 0.3) is 0 Å². The fourth-order valence-electron chi connectivity index (χ4n) is 2.06. The van der Waals surface area contributed by atoms with Crippen LogP contribution in [-0.2, 0) is 20.9 Å². The maximum absolute atomic E-state index is 13.5. The Hall–Kier alpha value is -2.26. The first-order valence-corrected chi connectivity index (χ1v) is 8.97. The molecule has 2 rings (SSSR count). The number of carboxylic acid groups (broad SMARTS) is 1. The standard InChI is InChI=1S/C17H20FN3O4S/c1-3-10(2)25-9-12-6-13(18)5-4-11(12)8-19-21-17-20-16(24)14(26-17)7-15(22)23/h4-6,8,10,14H,3,7,9H2,1-2H3,(H,22,23)(H,20,21,24). The van der Waals surface area contributed by atoms with E-state index in [1.165, 1.54) is 18.3 Å². The molecule has 0 aliphatic carbocycles. The largest absolute Gasteiger partial charge is 0.481 e. The summed E-state index contributed by atoms with van der Waals surface area (Å²) in [6.07, 6.45) is 2.06. The molecule has 0 radical (unpaired) electrons. The van der Waals surface area contributed by atoms with E-state index in [-0.39, 0.29) is 30.1 Å². The summed E-state index contributed by atoms with van der Waals surface area (Å²) < 4.78 is 19.1. The molecule has 1 saturated heterocycles. The Morgan fingerprint density at radius 1 is 1.54 bits per heavy atom. The Bertz CT molecular complexity index is 739. The number of ether oxygens (including phenoxy) is 1. The summed E-state index contributed by atoms with van der Waals surface area (Å²) in [7, 11) is 0. The van der Waals surface area contributed by atoms with Crippen LogP contribution in [0.25, 0.3) is 0 Å². The lowest BCUT2D eigenvalue weighted by atomic mass is 10.1. The molecule has 0 saturated carbocycles. The van der Waals surface area contributed by atoms with Crippen LogP contribution in [0.1, 0.15) is 37.8 Å². The van der Waals surface area contributed by atoms with E-state index in [4.69, 9.17) is 9.84 Å². The van der Waals surface area contributed by atoms with Gasteiger partial charge >= 0.3 is 5.97 Å². The summed E-state index contributed by atoms with van der Waals surface area (Å²) in [5, 5.41) is 18.6. The second kappa shape index (κ2) is 9.44. The van der Waals surface area contributed by atoms with Crippen LogP contribution >= 0.6 is 11.8 Å². The van der Waals surface area contributed by atoms with Crippen molar-refractivity contribution < 1.29 is 23.8 Å². The van der Waals surface area contributed by atoms with Crippen LogP contribution in [-0.4, -0.2) is 39.7 Å². The number of amides is 1. The number of carbonyl (C=O) groups excluding carboxylic acids is 1. The summed E-state index contributed by atoms with van der Waals surface area (Å²) in [6, 6.07) is 4.27. The average molecular weight is 381 g/mol. The second-order valence-electron chi connectivity index (χ2n) is 5.72. The molecular weight excluding hydrogens is 361 g/mol. The summed E-state index contributed by atoms with van der Waals surface area (Å²) in [5.41, 5.74) is 1.29. The highest BCUT2D eigenvalue weighted by Gasteiger charge is 2.32. The molecule has 1 aromatic rings. The number of rotatable bonds is 8. The maximum atomic E-state index is 13.5. The molecular formula is C17H20FN3O4S. The number of hydrogen-bond acceptors (Lipinski definition) is 6. The number of nitrogens with zero attached hydrogens (tertiary/aromatic N) is 2. The molecule has 2 N–H and O–H groups in total. The normalized spacial score (nSPS) is 19.9. The Balaban J connectivity index is 2.06. The van der Waals surface area contributed by atoms with Crippen molar-refractivity contribution in [3.8, 4) is 0 Å². The zero-order valence-electron chi connectivity index (χ0n) is 14.4. The Labute approximate surface area is 154 Å². The summed E-state index contributed by atoms with van der Waals surface area (Å²) in [5.74, 6) is -1.83. The van der Waals surface area contributed by atoms with E-state index in [2.05, 4.69) is 15.5 Å². The molecule has 1 aromatic carbocycles. The topological polar surface area (TPSA) is 100 Å². The van der Waals surface area contributed by atoms with E-state index in [1.807, 2.05) is 13.8 Å². The first kappa shape index (κ1) is 20.1. The van der Waals surface area contributed by atoms with Gasteiger partial charge in [0.1, 0.15) is 11.1 Å². The number of hydrogen-bond donors (Lipinski definition) is 2. The number of benzene rings is 1. The van der Waals surface area contributed by atoms with Crippen LogP contribution in [0.5, 0.6) is 0 Å². The fourth-order valence-corrected chi connectivity index (χ4v) is 2.98. The number of carbonyl (C=O) groups is 2. The highest BCUT2D eigenvalue weighted by molar-refractivity contribution is 8.15. The zero-order chi connectivity index (χ0) is 19.1. The smallest absolute Gasteiger partial charge is 0.305 e. The first-order chi connectivity index (χ1) is 12.4. The second-order valence-corrected chi connectivity index (χ2v) is 6.91. The van der Waals surface area contributed by atoms with Gasteiger partial charge in [-0.2, -0.15) is 5.10 Å². The van der Waals surface area contributed by atoms with Crippen molar-refractivity contribution in [3.63, 3.8) is 0 Å². The van der Waals surface area contributed by atoms with Crippen molar-refractivity contribution in [1.29, 1.82) is 0 Å². The molecule has 1 fully saturated rings. The molecule has 1 heterocycles. The lowest BCUT2D eigenvalue weighted by molar-refractivity contribution is -0.138. The molecule has 0 bridgehead atoms. The van der Waals surface area contributed by atoms with Gasteiger partial charge in [-0.1, -0.05) is 24.8 Å². The van der Waals surface area contributed by atoms with E-state index >= 15 is 0 Å². The molecule has 7 nitrogen and oxygen atoms in total. The maximum Gasteiger partial charge on any atom is 0.305 e. The van der Waals surface area contributed by atoms with Crippen molar-refractivity contribution in [2.24, 2.45) is 10.2 Å². The van der Waals surface area contributed by atoms with E-state index in [9.17, 15) is 14.0 Å². The SMILES string of the molecule is CCC(C)OCc1cc(F)ccc1C=NN=C1NC(=O)C(CC(=O)O)S1. The molecule has 2 atom stereocenters. The predicted octanol–water partition coefficient (Wildman–Crippen LogP) is 2.54. The molecule has 2 unspecified atom stereocenters. The highest BCUT2D eigenvalue weighted by Crippen LogP contribution is 2.22. The van der Waals surface area contributed by atoms with Crippen molar-refractivity contribution in [1.82, 2.24) is 5.32 Å². The van der Waals surface area contributed by atoms with Gasteiger partial charge in [0.2, 0.25) is 5.91 Å². The monoisotopic (exact) mass is 381 g/mol. The van der Waals surface area contributed by atoms with Crippen LogP contribution in [0, 0.1) is 5.82 Å². The molecule has 26 heavy (non-hydrogen) atoms.